The zero-order chi connectivity index (χ0) is 17.2. The minimum absolute atomic E-state index is 0.266. The number of esters is 1. The van der Waals surface area contributed by atoms with Gasteiger partial charge in [0.05, 0.1) is 12.2 Å². The number of benzene rings is 2. The highest BCUT2D eigenvalue weighted by Crippen LogP contribution is 2.15. The number of hydrogen-bond donors (Lipinski definition) is 0. The lowest BCUT2D eigenvalue weighted by Crippen LogP contribution is -2.20. The standard InChI is InChI=1S/C20H24O4/c1-3-13-22-14-16(2)24-20(21)18-9-11-19(12-10-18)23-15-17-7-5-4-6-8-17/h4-12,16H,3,13-15H2,1-2H3/t16-/m0/s1. The van der Waals surface area contributed by atoms with Gasteiger partial charge in [0.2, 0.25) is 0 Å². The number of carbonyl (C=O) groups excluding carboxylic acids is 1. The zero-order valence-corrected chi connectivity index (χ0v) is 14.2. The maximum absolute atomic E-state index is 12.1. The fourth-order valence-corrected chi connectivity index (χ4v) is 2.11. The summed E-state index contributed by atoms with van der Waals surface area (Å²) in [4.78, 5) is 12.1. The second-order valence-electron chi connectivity index (χ2n) is 5.59. The molecule has 0 aliphatic rings. The van der Waals surface area contributed by atoms with Crippen molar-refractivity contribution >= 4 is 5.97 Å². The maximum atomic E-state index is 12.1. The minimum atomic E-state index is -0.350. The van der Waals surface area contributed by atoms with Crippen molar-refractivity contribution in [1.82, 2.24) is 0 Å². The van der Waals surface area contributed by atoms with Crippen molar-refractivity contribution in [1.29, 1.82) is 0 Å². The van der Waals surface area contributed by atoms with Gasteiger partial charge in [-0.3, -0.25) is 0 Å². The number of rotatable bonds is 9. The lowest BCUT2D eigenvalue weighted by Gasteiger charge is -2.13. The Morgan fingerprint density at radius 3 is 2.42 bits per heavy atom. The van der Waals surface area contributed by atoms with Crippen LogP contribution in [0.4, 0.5) is 0 Å². The summed E-state index contributed by atoms with van der Waals surface area (Å²) >= 11 is 0. The summed E-state index contributed by atoms with van der Waals surface area (Å²) in [6, 6.07) is 16.9. The number of carbonyl (C=O) groups is 1. The van der Waals surface area contributed by atoms with Crippen LogP contribution in [0.5, 0.6) is 5.75 Å². The maximum Gasteiger partial charge on any atom is 0.338 e. The molecule has 24 heavy (non-hydrogen) atoms. The molecule has 0 unspecified atom stereocenters. The van der Waals surface area contributed by atoms with Crippen LogP contribution in [0.15, 0.2) is 54.6 Å². The molecule has 4 nitrogen and oxygen atoms in total. The molecule has 0 aromatic heterocycles. The summed E-state index contributed by atoms with van der Waals surface area (Å²) in [5.41, 5.74) is 1.60. The fourth-order valence-electron chi connectivity index (χ4n) is 2.11. The summed E-state index contributed by atoms with van der Waals surface area (Å²) in [6.45, 7) is 5.45. The first-order valence-electron chi connectivity index (χ1n) is 8.24. The highest BCUT2D eigenvalue weighted by molar-refractivity contribution is 5.89. The van der Waals surface area contributed by atoms with Crippen molar-refractivity contribution in [2.24, 2.45) is 0 Å². The number of hydrogen-bond acceptors (Lipinski definition) is 4. The topological polar surface area (TPSA) is 44.8 Å². The van der Waals surface area contributed by atoms with Crippen LogP contribution in [0.1, 0.15) is 36.2 Å². The van der Waals surface area contributed by atoms with E-state index < -0.39 is 0 Å². The Hall–Kier alpha value is -2.33. The van der Waals surface area contributed by atoms with Crippen LogP contribution in [0, 0.1) is 0 Å². The van der Waals surface area contributed by atoms with Gasteiger partial charge in [-0.2, -0.15) is 0 Å². The molecule has 0 aliphatic heterocycles. The second-order valence-corrected chi connectivity index (χ2v) is 5.59. The van der Waals surface area contributed by atoms with E-state index in [2.05, 4.69) is 0 Å². The predicted molar refractivity (Wildman–Crippen MR) is 93.2 cm³/mol. The molecule has 0 bridgehead atoms. The Kier molecular flexibility index (Phi) is 7.30. The van der Waals surface area contributed by atoms with Crippen molar-refractivity contribution in [3.05, 3.63) is 65.7 Å². The quantitative estimate of drug-likeness (QED) is 0.510. The van der Waals surface area contributed by atoms with E-state index in [1.54, 1.807) is 24.3 Å². The van der Waals surface area contributed by atoms with Crippen molar-refractivity contribution < 1.29 is 19.0 Å². The molecule has 0 spiro atoms. The Bertz CT molecular complexity index is 607. The highest BCUT2D eigenvalue weighted by Gasteiger charge is 2.12. The molecule has 4 heteroatoms. The molecule has 1 atom stereocenters. The minimum Gasteiger partial charge on any atom is -0.489 e. The van der Waals surface area contributed by atoms with Gasteiger partial charge < -0.3 is 14.2 Å². The monoisotopic (exact) mass is 328 g/mol. The lowest BCUT2D eigenvalue weighted by molar-refractivity contribution is 0.00226. The normalized spacial score (nSPS) is 11.8. The van der Waals surface area contributed by atoms with Crippen LogP contribution < -0.4 is 4.74 Å². The van der Waals surface area contributed by atoms with Gasteiger partial charge in [0.1, 0.15) is 18.5 Å². The van der Waals surface area contributed by atoms with Gasteiger partial charge in [-0.05, 0) is 43.2 Å². The number of ether oxygens (including phenoxy) is 3. The molecule has 0 saturated carbocycles. The first kappa shape index (κ1) is 18.0. The molecule has 2 aromatic carbocycles. The second kappa shape index (κ2) is 9.73. The van der Waals surface area contributed by atoms with E-state index in [1.807, 2.05) is 44.2 Å². The molecule has 0 fully saturated rings. The first-order valence-corrected chi connectivity index (χ1v) is 8.24. The van der Waals surface area contributed by atoms with Gasteiger partial charge in [-0.15, -0.1) is 0 Å². The molecule has 0 heterocycles. The van der Waals surface area contributed by atoms with Crippen molar-refractivity contribution in [3.63, 3.8) is 0 Å². The average Bonchev–Trinajstić information content (AvgIpc) is 2.61. The Morgan fingerprint density at radius 1 is 1.04 bits per heavy atom. The molecule has 0 saturated heterocycles. The molecule has 2 aromatic rings. The van der Waals surface area contributed by atoms with Gasteiger partial charge in [0.15, 0.2) is 0 Å². The van der Waals surface area contributed by atoms with E-state index >= 15 is 0 Å². The van der Waals surface area contributed by atoms with Crippen LogP contribution in [0.25, 0.3) is 0 Å². The third kappa shape index (κ3) is 6.05. The van der Waals surface area contributed by atoms with E-state index in [4.69, 9.17) is 14.2 Å². The van der Waals surface area contributed by atoms with Gasteiger partial charge >= 0.3 is 5.97 Å². The molecule has 0 radical (unpaired) electrons. The van der Waals surface area contributed by atoms with E-state index in [-0.39, 0.29) is 12.1 Å². The van der Waals surface area contributed by atoms with Gasteiger partial charge in [-0.25, -0.2) is 4.79 Å². The Labute approximate surface area is 143 Å². The van der Waals surface area contributed by atoms with Crippen LogP contribution in [0.2, 0.25) is 0 Å². The smallest absolute Gasteiger partial charge is 0.338 e. The third-order valence-corrected chi connectivity index (χ3v) is 3.35. The van der Waals surface area contributed by atoms with Crippen molar-refractivity contribution in [2.45, 2.75) is 33.0 Å². The lowest BCUT2D eigenvalue weighted by atomic mass is 10.2. The predicted octanol–water partition coefficient (Wildman–Crippen LogP) is 4.24. The summed E-state index contributed by atoms with van der Waals surface area (Å²) < 4.78 is 16.4. The summed E-state index contributed by atoms with van der Waals surface area (Å²) in [5.74, 6) is 0.368. The third-order valence-electron chi connectivity index (χ3n) is 3.35. The highest BCUT2D eigenvalue weighted by atomic mass is 16.6. The first-order chi connectivity index (χ1) is 11.7. The van der Waals surface area contributed by atoms with Crippen LogP contribution in [-0.4, -0.2) is 25.3 Å². The Morgan fingerprint density at radius 2 is 1.75 bits per heavy atom. The van der Waals surface area contributed by atoms with Crippen molar-refractivity contribution in [3.8, 4) is 5.75 Å². The van der Waals surface area contributed by atoms with E-state index in [9.17, 15) is 4.79 Å². The molecular weight excluding hydrogens is 304 g/mol. The molecule has 0 N–H and O–H groups in total. The van der Waals surface area contributed by atoms with E-state index in [0.717, 1.165) is 17.7 Å². The molecular formula is C20H24O4. The Balaban J connectivity index is 1.81. The molecule has 2 rings (SSSR count). The van der Waals surface area contributed by atoms with Gasteiger partial charge in [0.25, 0.3) is 0 Å². The van der Waals surface area contributed by atoms with Crippen LogP contribution >= 0.6 is 0 Å². The zero-order valence-electron chi connectivity index (χ0n) is 14.2. The SMILES string of the molecule is CCCOC[C@H](C)OC(=O)c1ccc(OCc2ccccc2)cc1. The van der Waals surface area contributed by atoms with Crippen LogP contribution in [-0.2, 0) is 16.1 Å². The molecule has 0 amide bonds. The summed E-state index contributed by atoms with van der Waals surface area (Å²) in [5, 5.41) is 0. The fraction of sp³-hybridized carbons (Fsp3) is 0.350. The molecule has 0 aliphatic carbocycles. The van der Waals surface area contributed by atoms with E-state index in [0.29, 0.717) is 25.4 Å². The largest absolute Gasteiger partial charge is 0.489 e. The van der Waals surface area contributed by atoms with Crippen molar-refractivity contribution in [2.75, 3.05) is 13.2 Å². The summed E-state index contributed by atoms with van der Waals surface area (Å²) in [7, 11) is 0. The molecule has 128 valence electrons. The summed E-state index contributed by atoms with van der Waals surface area (Å²) in [6.07, 6.45) is 0.684. The average molecular weight is 328 g/mol. The van der Waals surface area contributed by atoms with Gasteiger partial charge in [-0.1, -0.05) is 37.3 Å². The van der Waals surface area contributed by atoms with Crippen LogP contribution in [0.3, 0.4) is 0 Å². The van der Waals surface area contributed by atoms with Gasteiger partial charge in [0, 0.05) is 6.61 Å². The van der Waals surface area contributed by atoms with E-state index in [1.165, 1.54) is 0 Å².